The summed E-state index contributed by atoms with van der Waals surface area (Å²) in [5.74, 6) is -1.73. The van der Waals surface area contributed by atoms with Crippen LogP contribution in [0.3, 0.4) is 0 Å². The molecule has 0 saturated heterocycles. The van der Waals surface area contributed by atoms with E-state index >= 15 is 0 Å². The maximum Gasteiger partial charge on any atom is 0.337 e. The van der Waals surface area contributed by atoms with E-state index in [1.807, 2.05) is 0 Å². The van der Waals surface area contributed by atoms with Gasteiger partial charge in [0.05, 0.1) is 6.54 Å². The molecule has 1 aromatic rings. The van der Waals surface area contributed by atoms with Crippen LogP contribution in [0.15, 0.2) is 18.2 Å². The lowest BCUT2D eigenvalue weighted by Crippen LogP contribution is -2.41. The van der Waals surface area contributed by atoms with Crippen molar-refractivity contribution < 1.29 is 19.4 Å². The van der Waals surface area contributed by atoms with E-state index in [0.29, 0.717) is 5.69 Å². The standard InChI is InChI=1S/C11H14FNO3/c1-7-3-8(12)5-9(4-7)13-6-11(2,16)10(14)15/h3-5,13,16H,6H2,1-2H3,(H,14,15). The van der Waals surface area contributed by atoms with Gasteiger partial charge >= 0.3 is 5.97 Å². The van der Waals surface area contributed by atoms with Crippen molar-refractivity contribution in [3.63, 3.8) is 0 Å². The molecule has 0 saturated carbocycles. The van der Waals surface area contributed by atoms with Gasteiger partial charge in [0.2, 0.25) is 0 Å². The van der Waals surface area contributed by atoms with Crippen molar-refractivity contribution in [1.82, 2.24) is 0 Å². The van der Waals surface area contributed by atoms with Crippen LogP contribution in [0.4, 0.5) is 10.1 Å². The zero-order chi connectivity index (χ0) is 12.3. The number of halogens is 1. The highest BCUT2D eigenvalue weighted by Gasteiger charge is 2.29. The van der Waals surface area contributed by atoms with Crippen LogP contribution >= 0.6 is 0 Å². The minimum atomic E-state index is -1.87. The molecule has 1 rings (SSSR count). The SMILES string of the molecule is Cc1cc(F)cc(NCC(C)(O)C(=O)O)c1. The Morgan fingerprint density at radius 2 is 2.12 bits per heavy atom. The quantitative estimate of drug-likeness (QED) is 0.726. The van der Waals surface area contributed by atoms with Crippen LogP contribution < -0.4 is 5.32 Å². The van der Waals surface area contributed by atoms with E-state index in [1.54, 1.807) is 13.0 Å². The Hall–Kier alpha value is -1.62. The number of benzene rings is 1. The van der Waals surface area contributed by atoms with Gasteiger partial charge in [0, 0.05) is 5.69 Å². The molecule has 0 fully saturated rings. The number of hydrogen-bond donors (Lipinski definition) is 3. The van der Waals surface area contributed by atoms with Crippen LogP contribution in [0.2, 0.25) is 0 Å². The third-order valence-corrected chi connectivity index (χ3v) is 2.14. The van der Waals surface area contributed by atoms with Gasteiger partial charge < -0.3 is 15.5 Å². The highest BCUT2D eigenvalue weighted by atomic mass is 19.1. The van der Waals surface area contributed by atoms with Gasteiger partial charge in [-0.2, -0.15) is 0 Å². The molecule has 0 aliphatic heterocycles. The van der Waals surface area contributed by atoms with E-state index in [9.17, 15) is 14.3 Å². The first-order valence-electron chi connectivity index (χ1n) is 4.78. The van der Waals surface area contributed by atoms with Gasteiger partial charge in [0.15, 0.2) is 5.60 Å². The molecule has 0 aliphatic carbocycles. The highest BCUT2D eigenvalue weighted by molar-refractivity contribution is 5.77. The van der Waals surface area contributed by atoms with Gasteiger partial charge in [-0.25, -0.2) is 9.18 Å². The van der Waals surface area contributed by atoms with Crippen LogP contribution in [0.1, 0.15) is 12.5 Å². The van der Waals surface area contributed by atoms with Gasteiger partial charge in [-0.15, -0.1) is 0 Å². The first-order chi connectivity index (χ1) is 7.31. The molecule has 0 spiro atoms. The number of anilines is 1. The molecular weight excluding hydrogens is 213 g/mol. The van der Waals surface area contributed by atoms with Gasteiger partial charge in [0.25, 0.3) is 0 Å². The third kappa shape index (κ3) is 3.20. The molecule has 0 heterocycles. The van der Waals surface area contributed by atoms with Gasteiger partial charge in [-0.05, 0) is 37.6 Å². The fraction of sp³-hybridized carbons (Fsp3) is 0.364. The number of aliphatic hydroxyl groups is 1. The Kier molecular flexibility index (Phi) is 3.49. The smallest absolute Gasteiger partial charge is 0.337 e. The first-order valence-corrected chi connectivity index (χ1v) is 4.78. The number of hydrogen-bond acceptors (Lipinski definition) is 3. The lowest BCUT2D eigenvalue weighted by atomic mass is 10.1. The van der Waals surface area contributed by atoms with E-state index in [-0.39, 0.29) is 6.54 Å². The Morgan fingerprint density at radius 1 is 1.50 bits per heavy atom. The first kappa shape index (κ1) is 12.4. The van der Waals surface area contributed by atoms with E-state index in [2.05, 4.69) is 5.32 Å². The predicted octanol–water partition coefficient (Wildman–Crippen LogP) is 1.38. The Bertz CT molecular complexity index is 384. The largest absolute Gasteiger partial charge is 0.479 e. The van der Waals surface area contributed by atoms with Crippen molar-refractivity contribution in [3.8, 4) is 0 Å². The average molecular weight is 227 g/mol. The number of aliphatic carboxylic acids is 1. The summed E-state index contributed by atoms with van der Waals surface area (Å²) in [6.07, 6.45) is 0. The van der Waals surface area contributed by atoms with Crippen molar-refractivity contribution in [2.75, 3.05) is 11.9 Å². The molecule has 1 aromatic carbocycles. The lowest BCUT2D eigenvalue weighted by molar-refractivity contribution is -0.155. The van der Waals surface area contributed by atoms with Crippen LogP contribution in [-0.4, -0.2) is 28.3 Å². The number of aryl methyl sites for hydroxylation is 1. The molecule has 0 bridgehead atoms. The van der Waals surface area contributed by atoms with Gasteiger partial charge in [-0.1, -0.05) is 0 Å². The molecule has 0 aliphatic rings. The molecule has 0 aromatic heterocycles. The maximum atomic E-state index is 13.0. The molecule has 3 N–H and O–H groups in total. The Morgan fingerprint density at radius 3 is 2.62 bits per heavy atom. The van der Waals surface area contributed by atoms with Crippen LogP contribution in [0.25, 0.3) is 0 Å². The zero-order valence-corrected chi connectivity index (χ0v) is 9.12. The third-order valence-electron chi connectivity index (χ3n) is 2.14. The molecule has 5 heteroatoms. The molecule has 1 unspecified atom stereocenters. The van der Waals surface area contributed by atoms with Crippen LogP contribution in [0, 0.1) is 12.7 Å². The summed E-state index contributed by atoms with van der Waals surface area (Å²) in [5.41, 5.74) is -0.711. The second-order valence-corrected chi connectivity index (χ2v) is 3.95. The molecule has 1 atom stereocenters. The molecule has 16 heavy (non-hydrogen) atoms. The highest BCUT2D eigenvalue weighted by Crippen LogP contribution is 2.14. The van der Waals surface area contributed by atoms with Crippen molar-refractivity contribution in [1.29, 1.82) is 0 Å². The molecule has 4 nitrogen and oxygen atoms in total. The Balaban J connectivity index is 2.71. The second kappa shape index (κ2) is 4.49. The number of carboxylic acids is 1. The maximum absolute atomic E-state index is 13.0. The number of carbonyl (C=O) groups is 1. The summed E-state index contributed by atoms with van der Waals surface area (Å²) in [6, 6.07) is 4.27. The van der Waals surface area contributed by atoms with Crippen molar-refractivity contribution >= 4 is 11.7 Å². The number of nitrogens with one attached hydrogen (secondary N) is 1. The minimum Gasteiger partial charge on any atom is -0.479 e. The summed E-state index contributed by atoms with van der Waals surface area (Å²) in [4.78, 5) is 10.6. The fourth-order valence-electron chi connectivity index (χ4n) is 1.19. The molecular formula is C11H14FNO3. The van der Waals surface area contributed by atoms with E-state index in [1.165, 1.54) is 19.1 Å². The zero-order valence-electron chi connectivity index (χ0n) is 9.12. The van der Waals surface area contributed by atoms with E-state index < -0.39 is 17.4 Å². The van der Waals surface area contributed by atoms with Crippen LogP contribution in [-0.2, 0) is 4.79 Å². The lowest BCUT2D eigenvalue weighted by Gasteiger charge is -2.19. The summed E-state index contributed by atoms with van der Waals surface area (Å²) in [6.45, 7) is 2.71. The molecule has 88 valence electrons. The van der Waals surface area contributed by atoms with Crippen molar-refractivity contribution in [2.45, 2.75) is 19.4 Å². The Labute approximate surface area is 92.7 Å². The fourth-order valence-corrected chi connectivity index (χ4v) is 1.19. The van der Waals surface area contributed by atoms with E-state index in [0.717, 1.165) is 5.56 Å². The predicted molar refractivity (Wildman–Crippen MR) is 57.9 cm³/mol. The summed E-state index contributed by atoms with van der Waals surface area (Å²) >= 11 is 0. The number of rotatable bonds is 4. The van der Waals surface area contributed by atoms with Crippen molar-refractivity contribution in [3.05, 3.63) is 29.6 Å². The van der Waals surface area contributed by atoms with Crippen LogP contribution in [0.5, 0.6) is 0 Å². The summed E-state index contributed by atoms with van der Waals surface area (Å²) in [7, 11) is 0. The van der Waals surface area contributed by atoms with Gasteiger partial charge in [0.1, 0.15) is 5.82 Å². The monoisotopic (exact) mass is 227 g/mol. The van der Waals surface area contributed by atoms with E-state index in [4.69, 9.17) is 5.11 Å². The minimum absolute atomic E-state index is 0.189. The van der Waals surface area contributed by atoms with Crippen molar-refractivity contribution in [2.24, 2.45) is 0 Å². The summed E-state index contributed by atoms with van der Waals surface area (Å²) < 4.78 is 13.0. The summed E-state index contributed by atoms with van der Waals surface area (Å²) in [5, 5.41) is 20.8. The normalized spacial score (nSPS) is 14.2. The average Bonchev–Trinajstić information content (AvgIpc) is 2.13. The topological polar surface area (TPSA) is 69.6 Å². The molecule has 0 radical (unpaired) electrons. The number of carboxylic acid groups (broad SMARTS) is 1. The van der Waals surface area contributed by atoms with Gasteiger partial charge in [-0.3, -0.25) is 0 Å². The second-order valence-electron chi connectivity index (χ2n) is 3.95. The molecule has 0 amide bonds.